The topological polar surface area (TPSA) is 95.6 Å². The summed E-state index contributed by atoms with van der Waals surface area (Å²) in [5, 5.41) is 5.67. The van der Waals surface area contributed by atoms with Crippen LogP contribution in [0.2, 0.25) is 0 Å². The minimum atomic E-state index is -1.29. The first kappa shape index (κ1) is 21.6. The van der Waals surface area contributed by atoms with Crippen LogP contribution < -0.4 is 10.6 Å². The van der Waals surface area contributed by atoms with Gasteiger partial charge >= 0.3 is 6.03 Å². The number of amides is 4. The molecule has 5 rings (SSSR count). The first-order valence-electron chi connectivity index (χ1n) is 11.2. The molecule has 0 bridgehead atoms. The highest BCUT2D eigenvalue weighted by molar-refractivity contribution is 6.11. The average molecular weight is 453 g/mol. The summed E-state index contributed by atoms with van der Waals surface area (Å²) < 4.78 is 0. The minimum absolute atomic E-state index is 0.0541. The maximum atomic E-state index is 13.7. The van der Waals surface area contributed by atoms with E-state index in [9.17, 15) is 19.2 Å². The number of nitrogens with zero attached hydrogens (tertiary/aromatic N) is 1. The molecule has 1 unspecified atom stereocenters. The first-order chi connectivity index (χ1) is 16.5. The molecule has 2 aliphatic heterocycles. The smallest absolute Gasteiger partial charge is 0.325 e. The van der Waals surface area contributed by atoms with Crippen molar-refractivity contribution in [3.8, 4) is 0 Å². The zero-order chi connectivity index (χ0) is 23.7. The summed E-state index contributed by atoms with van der Waals surface area (Å²) >= 11 is 0. The predicted molar refractivity (Wildman–Crippen MR) is 126 cm³/mol. The van der Waals surface area contributed by atoms with Crippen molar-refractivity contribution in [1.29, 1.82) is 0 Å². The normalized spacial score (nSPS) is 19.4. The van der Waals surface area contributed by atoms with Crippen LogP contribution in [0, 0.1) is 0 Å². The van der Waals surface area contributed by atoms with Crippen molar-refractivity contribution < 1.29 is 19.2 Å². The number of urea groups is 1. The Bertz CT molecular complexity index is 1290. The molecule has 1 fully saturated rings. The monoisotopic (exact) mass is 453 g/mol. The number of fused-ring (bicyclic) bond motifs is 1. The molecule has 3 aromatic carbocycles. The van der Waals surface area contributed by atoms with Crippen molar-refractivity contribution in [3.63, 3.8) is 0 Å². The second-order valence-corrected chi connectivity index (χ2v) is 8.60. The molecule has 1 saturated heterocycles. The Balaban J connectivity index is 1.43. The molecule has 0 aromatic heterocycles. The lowest BCUT2D eigenvalue weighted by molar-refractivity contribution is -0.131. The second kappa shape index (κ2) is 8.59. The molecule has 1 atom stereocenters. The van der Waals surface area contributed by atoms with E-state index >= 15 is 0 Å². The van der Waals surface area contributed by atoms with Gasteiger partial charge in [0.05, 0.1) is 6.54 Å². The lowest BCUT2D eigenvalue weighted by atomic mass is 9.83. The van der Waals surface area contributed by atoms with Crippen LogP contribution in [0.4, 0.5) is 10.5 Å². The van der Waals surface area contributed by atoms with E-state index in [2.05, 4.69) is 10.6 Å². The molecular formula is C27H23N3O4. The number of carbonyl (C=O) groups is 4. The zero-order valence-corrected chi connectivity index (χ0v) is 18.4. The molecule has 0 aliphatic carbocycles. The highest BCUT2D eigenvalue weighted by Gasteiger charge is 2.52. The van der Waals surface area contributed by atoms with Crippen molar-refractivity contribution in [2.75, 3.05) is 11.9 Å². The van der Waals surface area contributed by atoms with E-state index in [0.29, 0.717) is 29.7 Å². The molecule has 2 heterocycles. The third kappa shape index (κ3) is 3.85. The van der Waals surface area contributed by atoms with Gasteiger partial charge in [-0.2, -0.15) is 0 Å². The molecule has 7 heteroatoms. The molecule has 4 amide bonds. The number of hydrogen-bond donors (Lipinski definition) is 2. The van der Waals surface area contributed by atoms with Crippen molar-refractivity contribution >= 4 is 29.3 Å². The summed E-state index contributed by atoms with van der Waals surface area (Å²) in [6.07, 6.45) is 1.17. The molecule has 7 nitrogen and oxygen atoms in total. The SMILES string of the molecule is O=C1CCc2cc(C(=O)CN3C(=O)NC(Cc4ccccc4)(c4ccccc4)C3=O)ccc2N1. The summed E-state index contributed by atoms with van der Waals surface area (Å²) in [7, 11) is 0. The second-order valence-electron chi connectivity index (χ2n) is 8.60. The lowest BCUT2D eigenvalue weighted by Gasteiger charge is -2.27. The van der Waals surface area contributed by atoms with Crippen LogP contribution in [0.5, 0.6) is 0 Å². The number of nitrogens with one attached hydrogen (secondary N) is 2. The number of anilines is 1. The zero-order valence-electron chi connectivity index (χ0n) is 18.4. The van der Waals surface area contributed by atoms with Crippen molar-refractivity contribution in [2.24, 2.45) is 0 Å². The molecular weight excluding hydrogens is 430 g/mol. The van der Waals surface area contributed by atoms with E-state index < -0.39 is 17.5 Å². The van der Waals surface area contributed by atoms with E-state index in [-0.39, 0.29) is 24.7 Å². The number of benzene rings is 3. The Hall–Kier alpha value is -4.26. The average Bonchev–Trinajstić information content (AvgIpc) is 3.09. The quantitative estimate of drug-likeness (QED) is 0.442. The van der Waals surface area contributed by atoms with Gasteiger partial charge in [-0.3, -0.25) is 19.3 Å². The molecule has 34 heavy (non-hydrogen) atoms. The number of imide groups is 1. The first-order valence-corrected chi connectivity index (χ1v) is 11.2. The molecule has 170 valence electrons. The van der Waals surface area contributed by atoms with Crippen LogP contribution in [-0.4, -0.2) is 35.1 Å². The molecule has 3 aromatic rings. The Morgan fingerprint density at radius 1 is 0.882 bits per heavy atom. The highest BCUT2D eigenvalue weighted by Crippen LogP contribution is 2.33. The van der Waals surface area contributed by atoms with E-state index in [1.165, 1.54) is 0 Å². The van der Waals surface area contributed by atoms with Crippen LogP contribution in [0.25, 0.3) is 0 Å². The van der Waals surface area contributed by atoms with E-state index in [1.807, 2.05) is 60.7 Å². The number of rotatable bonds is 6. The Kier molecular flexibility index (Phi) is 5.45. The van der Waals surface area contributed by atoms with Crippen LogP contribution in [0.1, 0.15) is 33.5 Å². The predicted octanol–water partition coefficient (Wildman–Crippen LogP) is 3.44. The summed E-state index contributed by atoms with van der Waals surface area (Å²) in [6, 6.07) is 23.0. The van der Waals surface area contributed by atoms with Crippen LogP contribution in [-0.2, 0) is 28.0 Å². The van der Waals surface area contributed by atoms with Crippen LogP contribution >= 0.6 is 0 Å². The minimum Gasteiger partial charge on any atom is -0.326 e. The third-order valence-electron chi connectivity index (χ3n) is 6.38. The van der Waals surface area contributed by atoms with Gasteiger partial charge in [0.1, 0.15) is 0 Å². The standard InChI is InChI=1S/C27H23N3O4/c31-23(20-11-13-22-19(15-20)12-14-24(32)28-22)17-30-25(33)27(29-26(30)34,21-9-5-2-6-10-21)16-18-7-3-1-4-8-18/h1-11,13,15H,12,14,16-17H2,(H,28,32)(H,29,34). The molecule has 0 radical (unpaired) electrons. The fraction of sp³-hybridized carbons (Fsp3) is 0.185. The lowest BCUT2D eigenvalue weighted by Crippen LogP contribution is -2.46. The van der Waals surface area contributed by atoms with Gasteiger partial charge in [-0.15, -0.1) is 0 Å². The van der Waals surface area contributed by atoms with Crippen molar-refractivity contribution in [2.45, 2.75) is 24.8 Å². The van der Waals surface area contributed by atoms with Crippen LogP contribution in [0.3, 0.4) is 0 Å². The molecule has 0 spiro atoms. The van der Waals surface area contributed by atoms with Gasteiger partial charge in [0.15, 0.2) is 11.3 Å². The maximum Gasteiger partial charge on any atom is 0.325 e. The number of Topliss-reactive ketones (excluding diaryl/α,β-unsaturated/α-hetero) is 1. The fourth-order valence-corrected chi connectivity index (χ4v) is 4.60. The Morgan fingerprint density at radius 2 is 1.59 bits per heavy atom. The van der Waals surface area contributed by atoms with Gasteiger partial charge < -0.3 is 10.6 Å². The summed E-state index contributed by atoms with van der Waals surface area (Å²) in [6.45, 7) is -0.362. The van der Waals surface area contributed by atoms with E-state index in [0.717, 1.165) is 16.0 Å². The Labute approximate surface area is 196 Å². The molecule has 0 saturated carbocycles. The van der Waals surface area contributed by atoms with Gasteiger partial charge in [0, 0.05) is 24.1 Å². The summed E-state index contributed by atoms with van der Waals surface area (Å²) in [5.41, 5.74) is 2.22. The van der Waals surface area contributed by atoms with Gasteiger partial charge in [-0.05, 0) is 41.3 Å². The third-order valence-corrected chi connectivity index (χ3v) is 6.38. The number of ketones is 1. The van der Waals surface area contributed by atoms with Gasteiger partial charge in [-0.1, -0.05) is 60.7 Å². The number of carbonyl (C=O) groups excluding carboxylic acids is 4. The van der Waals surface area contributed by atoms with Crippen molar-refractivity contribution in [1.82, 2.24) is 10.2 Å². The largest absolute Gasteiger partial charge is 0.326 e. The van der Waals surface area contributed by atoms with Gasteiger partial charge in [0.2, 0.25) is 5.91 Å². The number of aryl methyl sites for hydroxylation is 1. The van der Waals surface area contributed by atoms with Gasteiger partial charge in [0.25, 0.3) is 5.91 Å². The molecule has 2 N–H and O–H groups in total. The fourth-order valence-electron chi connectivity index (χ4n) is 4.60. The Morgan fingerprint density at radius 3 is 2.32 bits per heavy atom. The molecule has 2 aliphatic rings. The highest BCUT2D eigenvalue weighted by atomic mass is 16.2. The van der Waals surface area contributed by atoms with Crippen LogP contribution in [0.15, 0.2) is 78.9 Å². The number of hydrogen-bond acceptors (Lipinski definition) is 4. The van der Waals surface area contributed by atoms with Crippen molar-refractivity contribution in [3.05, 3.63) is 101 Å². The van der Waals surface area contributed by atoms with Gasteiger partial charge in [-0.25, -0.2) is 4.79 Å². The maximum absolute atomic E-state index is 13.7. The summed E-state index contributed by atoms with van der Waals surface area (Å²) in [5.74, 6) is -0.848. The van der Waals surface area contributed by atoms with E-state index in [1.54, 1.807) is 18.2 Å². The van der Waals surface area contributed by atoms with E-state index in [4.69, 9.17) is 0 Å². The summed E-state index contributed by atoms with van der Waals surface area (Å²) in [4.78, 5) is 52.4.